The Kier molecular flexibility index (Phi) is 6.92. The zero-order valence-corrected chi connectivity index (χ0v) is 18.2. The molecule has 2 amide bonds. The molecule has 7 heteroatoms. The van der Waals surface area contributed by atoms with Gasteiger partial charge in [-0.2, -0.15) is 5.10 Å². The summed E-state index contributed by atoms with van der Waals surface area (Å²) in [4.78, 5) is 25.3. The van der Waals surface area contributed by atoms with Gasteiger partial charge in [0.2, 0.25) is 5.91 Å². The van der Waals surface area contributed by atoms with E-state index < -0.39 is 0 Å². The molecule has 7 nitrogen and oxygen atoms in total. The van der Waals surface area contributed by atoms with Gasteiger partial charge in [0.15, 0.2) is 0 Å². The molecule has 2 N–H and O–H groups in total. The third-order valence-electron chi connectivity index (χ3n) is 5.06. The molecule has 0 spiro atoms. The van der Waals surface area contributed by atoms with Crippen LogP contribution in [-0.2, 0) is 22.7 Å². The van der Waals surface area contributed by atoms with Crippen molar-refractivity contribution in [3.8, 4) is 11.1 Å². The first-order valence-electron chi connectivity index (χ1n) is 10.5. The standard InChI is InChI=1S/C26H24N4O3/c1-33-18-22-9-8-21(16-24(22)29-25(31)17-30-15-5-14-27-30)26(32)28-23-12-10-20(11-13-23)19-6-3-2-4-7-19/h2-16H,17-18H2,1H3,(H,28,32)(H,29,31). The quantitative estimate of drug-likeness (QED) is 0.420. The maximum absolute atomic E-state index is 12.9. The molecule has 0 radical (unpaired) electrons. The number of nitrogens with one attached hydrogen (secondary N) is 2. The van der Waals surface area contributed by atoms with E-state index in [1.165, 1.54) is 4.68 Å². The van der Waals surface area contributed by atoms with Gasteiger partial charge in [0, 0.05) is 42.0 Å². The zero-order chi connectivity index (χ0) is 23.0. The van der Waals surface area contributed by atoms with Gasteiger partial charge in [-0.05, 0) is 41.5 Å². The monoisotopic (exact) mass is 440 g/mol. The molecule has 1 aromatic heterocycles. The van der Waals surface area contributed by atoms with Crippen molar-refractivity contribution in [2.45, 2.75) is 13.2 Å². The normalized spacial score (nSPS) is 10.6. The Hall–Kier alpha value is -4.23. The topological polar surface area (TPSA) is 85.3 Å². The minimum atomic E-state index is -0.269. The number of rotatable bonds is 8. The van der Waals surface area contributed by atoms with Crippen molar-refractivity contribution in [2.75, 3.05) is 17.7 Å². The SMILES string of the molecule is COCc1ccc(C(=O)Nc2ccc(-c3ccccc3)cc2)cc1NC(=O)Cn1cccn1. The molecule has 0 fully saturated rings. The Bertz CT molecular complexity index is 1220. The van der Waals surface area contributed by atoms with E-state index in [-0.39, 0.29) is 18.4 Å². The molecule has 4 rings (SSSR count). The molecule has 0 atom stereocenters. The highest BCUT2D eigenvalue weighted by molar-refractivity contribution is 6.05. The van der Waals surface area contributed by atoms with Crippen LogP contribution in [0.2, 0.25) is 0 Å². The highest BCUT2D eigenvalue weighted by atomic mass is 16.5. The number of amides is 2. The lowest BCUT2D eigenvalue weighted by Gasteiger charge is -2.13. The van der Waals surface area contributed by atoms with E-state index >= 15 is 0 Å². The molecule has 0 saturated heterocycles. The summed E-state index contributed by atoms with van der Waals surface area (Å²) in [7, 11) is 1.58. The van der Waals surface area contributed by atoms with Crippen molar-refractivity contribution in [1.29, 1.82) is 0 Å². The first kappa shape index (κ1) is 22.0. The van der Waals surface area contributed by atoms with Crippen LogP contribution in [-0.4, -0.2) is 28.7 Å². The van der Waals surface area contributed by atoms with Gasteiger partial charge >= 0.3 is 0 Å². The van der Waals surface area contributed by atoms with Crippen LogP contribution >= 0.6 is 0 Å². The van der Waals surface area contributed by atoms with Gasteiger partial charge in [-0.25, -0.2) is 0 Å². The van der Waals surface area contributed by atoms with E-state index in [0.717, 1.165) is 16.7 Å². The van der Waals surface area contributed by atoms with Crippen LogP contribution in [0.5, 0.6) is 0 Å². The number of aromatic nitrogens is 2. The summed E-state index contributed by atoms with van der Waals surface area (Å²) in [5.74, 6) is -0.515. The molecule has 0 aliphatic rings. The molecular formula is C26H24N4O3. The zero-order valence-electron chi connectivity index (χ0n) is 18.2. The largest absolute Gasteiger partial charge is 0.380 e. The molecule has 1 heterocycles. The summed E-state index contributed by atoms with van der Waals surface area (Å²) in [6.45, 7) is 0.379. The van der Waals surface area contributed by atoms with Crippen LogP contribution < -0.4 is 10.6 Å². The van der Waals surface area contributed by atoms with Crippen molar-refractivity contribution < 1.29 is 14.3 Å². The van der Waals surface area contributed by atoms with Crippen LogP contribution in [0.15, 0.2) is 91.3 Å². The third-order valence-corrected chi connectivity index (χ3v) is 5.06. The summed E-state index contributed by atoms with van der Waals surface area (Å²) in [6.07, 6.45) is 3.32. The molecule has 0 aliphatic heterocycles. The fourth-order valence-electron chi connectivity index (χ4n) is 3.43. The lowest BCUT2D eigenvalue weighted by Crippen LogP contribution is -2.20. The van der Waals surface area contributed by atoms with Gasteiger partial charge in [0.25, 0.3) is 5.91 Å². The number of anilines is 2. The number of nitrogens with zero attached hydrogens (tertiary/aromatic N) is 2. The van der Waals surface area contributed by atoms with E-state index in [1.807, 2.05) is 54.6 Å². The molecular weight excluding hydrogens is 416 g/mol. The van der Waals surface area contributed by atoms with Gasteiger partial charge in [-0.3, -0.25) is 14.3 Å². The van der Waals surface area contributed by atoms with E-state index in [2.05, 4.69) is 15.7 Å². The van der Waals surface area contributed by atoms with Gasteiger partial charge in [-0.15, -0.1) is 0 Å². The smallest absolute Gasteiger partial charge is 0.255 e. The fourth-order valence-corrected chi connectivity index (χ4v) is 3.43. The number of benzene rings is 3. The van der Waals surface area contributed by atoms with Crippen molar-refractivity contribution in [1.82, 2.24) is 9.78 Å². The molecule has 0 saturated carbocycles. The number of ether oxygens (including phenoxy) is 1. The number of hydrogen-bond donors (Lipinski definition) is 2. The average molecular weight is 441 g/mol. The second-order valence-electron chi connectivity index (χ2n) is 7.45. The number of carbonyl (C=O) groups is 2. The predicted molar refractivity (Wildman–Crippen MR) is 128 cm³/mol. The van der Waals surface area contributed by atoms with Crippen LogP contribution in [0.4, 0.5) is 11.4 Å². The minimum Gasteiger partial charge on any atom is -0.380 e. The first-order chi connectivity index (χ1) is 16.1. The Morgan fingerprint density at radius 1 is 0.909 bits per heavy atom. The van der Waals surface area contributed by atoms with E-state index in [1.54, 1.807) is 43.8 Å². The summed E-state index contributed by atoms with van der Waals surface area (Å²) in [5, 5.41) is 9.81. The number of carbonyl (C=O) groups excluding carboxylic acids is 2. The predicted octanol–water partition coefficient (Wildman–Crippen LogP) is 4.59. The van der Waals surface area contributed by atoms with Crippen molar-refractivity contribution in [3.63, 3.8) is 0 Å². The molecule has 3 aromatic carbocycles. The molecule has 4 aromatic rings. The minimum absolute atomic E-state index is 0.0730. The summed E-state index contributed by atoms with van der Waals surface area (Å²) < 4.78 is 6.76. The van der Waals surface area contributed by atoms with Gasteiger partial charge < -0.3 is 15.4 Å². The molecule has 0 aliphatic carbocycles. The second-order valence-corrected chi connectivity index (χ2v) is 7.45. The molecule has 33 heavy (non-hydrogen) atoms. The summed E-state index contributed by atoms with van der Waals surface area (Å²) in [5.41, 5.74) is 4.59. The maximum Gasteiger partial charge on any atom is 0.255 e. The maximum atomic E-state index is 12.9. The third kappa shape index (κ3) is 5.72. The van der Waals surface area contributed by atoms with Gasteiger partial charge in [0.05, 0.1) is 6.61 Å². The van der Waals surface area contributed by atoms with E-state index in [0.29, 0.717) is 23.5 Å². The number of hydrogen-bond acceptors (Lipinski definition) is 4. The van der Waals surface area contributed by atoms with Crippen molar-refractivity contribution in [2.24, 2.45) is 0 Å². The Morgan fingerprint density at radius 3 is 2.36 bits per heavy atom. The number of methoxy groups -OCH3 is 1. The lowest BCUT2D eigenvalue weighted by molar-refractivity contribution is -0.116. The van der Waals surface area contributed by atoms with Gasteiger partial charge in [0.1, 0.15) is 6.54 Å². The second kappa shape index (κ2) is 10.4. The van der Waals surface area contributed by atoms with Crippen molar-refractivity contribution in [3.05, 3.63) is 102 Å². The van der Waals surface area contributed by atoms with Crippen LogP contribution in [0.3, 0.4) is 0 Å². The lowest BCUT2D eigenvalue weighted by atomic mass is 10.1. The van der Waals surface area contributed by atoms with Crippen LogP contribution in [0.25, 0.3) is 11.1 Å². The Labute approximate surface area is 192 Å². The fraction of sp³-hybridized carbons (Fsp3) is 0.115. The van der Waals surface area contributed by atoms with Crippen molar-refractivity contribution >= 4 is 23.2 Å². The Balaban J connectivity index is 1.47. The highest BCUT2D eigenvalue weighted by Gasteiger charge is 2.13. The Morgan fingerprint density at radius 2 is 1.67 bits per heavy atom. The highest BCUT2D eigenvalue weighted by Crippen LogP contribution is 2.23. The summed E-state index contributed by atoms with van der Waals surface area (Å²) >= 11 is 0. The average Bonchev–Trinajstić information content (AvgIpc) is 3.34. The molecule has 166 valence electrons. The van der Waals surface area contributed by atoms with Gasteiger partial charge in [-0.1, -0.05) is 48.5 Å². The van der Waals surface area contributed by atoms with Crippen LogP contribution in [0, 0.1) is 0 Å². The molecule has 0 bridgehead atoms. The summed E-state index contributed by atoms with van der Waals surface area (Å²) in [6, 6.07) is 24.6. The first-order valence-corrected chi connectivity index (χ1v) is 10.5. The van der Waals surface area contributed by atoms with E-state index in [9.17, 15) is 9.59 Å². The van der Waals surface area contributed by atoms with Crippen LogP contribution in [0.1, 0.15) is 15.9 Å². The van der Waals surface area contributed by atoms with E-state index in [4.69, 9.17) is 4.74 Å². The molecule has 0 unspecified atom stereocenters.